The van der Waals surface area contributed by atoms with Gasteiger partial charge in [0.25, 0.3) is 5.91 Å². The van der Waals surface area contributed by atoms with Crippen LogP contribution in [0.1, 0.15) is 44.6 Å². The van der Waals surface area contributed by atoms with Gasteiger partial charge < -0.3 is 20.1 Å². The summed E-state index contributed by atoms with van der Waals surface area (Å²) in [4.78, 5) is 24.4. The fourth-order valence-corrected chi connectivity index (χ4v) is 6.21. The molecule has 6 heteroatoms. The lowest BCUT2D eigenvalue weighted by atomic mass is 9.76. The Balaban J connectivity index is 1.55. The number of nitrogens with one attached hydrogen (secondary N) is 1. The standard InChI is InChI=1S/C38H32N2O4/c1-39-36(43)29-18-17-28-24-33(20-19-27(28)23-29)37(44,25-35(41)42)34-21-22-40(26-34)38(30-11-5-2-6-12-30,31-13-7-3-8-14-31)32-15-9-4-10-16-32/h2-24,26,44H,25H2,1H3,(H,39,43)(H,41,42)/t37-/m0/s1. The minimum Gasteiger partial charge on any atom is -0.481 e. The number of hydrogen-bond donors (Lipinski definition) is 3. The van der Waals surface area contributed by atoms with Gasteiger partial charge in [-0.1, -0.05) is 109 Å². The summed E-state index contributed by atoms with van der Waals surface area (Å²) in [5.74, 6) is -1.32. The van der Waals surface area contributed by atoms with E-state index in [4.69, 9.17) is 0 Å². The maximum absolute atomic E-state index is 12.3. The highest BCUT2D eigenvalue weighted by molar-refractivity contribution is 5.98. The summed E-state index contributed by atoms with van der Waals surface area (Å²) < 4.78 is 2.06. The third kappa shape index (κ3) is 4.95. The Morgan fingerprint density at radius 1 is 0.659 bits per heavy atom. The number of aliphatic hydroxyl groups is 1. The average molecular weight is 581 g/mol. The number of aromatic nitrogens is 1. The monoisotopic (exact) mass is 580 g/mol. The van der Waals surface area contributed by atoms with Gasteiger partial charge in [-0.25, -0.2) is 0 Å². The first-order valence-corrected chi connectivity index (χ1v) is 14.4. The molecule has 218 valence electrons. The van der Waals surface area contributed by atoms with Crippen molar-refractivity contribution in [3.63, 3.8) is 0 Å². The van der Waals surface area contributed by atoms with Gasteiger partial charge in [0.1, 0.15) is 11.1 Å². The van der Waals surface area contributed by atoms with Crippen molar-refractivity contribution in [2.75, 3.05) is 7.05 Å². The third-order valence-electron chi connectivity index (χ3n) is 8.35. The van der Waals surface area contributed by atoms with E-state index in [1.165, 1.54) is 0 Å². The molecule has 0 aliphatic rings. The molecule has 0 saturated heterocycles. The van der Waals surface area contributed by atoms with Gasteiger partial charge >= 0.3 is 5.97 Å². The number of rotatable bonds is 9. The van der Waals surface area contributed by atoms with Crippen molar-refractivity contribution in [3.05, 3.63) is 179 Å². The second-order valence-electron chi connectivity index (χ2n) is 10.9. The maximum atomic E-state index is 12.3. The SMILES string of the molecule is CNC(=O)c1ccc2cc([C@@](O)(CC(=O)O)c3ccn(C(c4ccccc4)(c4ccccc4)c4ccccc4)c3)ccc2c1. The number of amides is 1. The first-order chi connectivity index (χ1) is 21.4. The molecule has 1 atom stereocenters. The van der Waals surface area contributed by atoms with Gasteiger partial charge in [-0.3, -0.25) is 9.59 Å². The largest absolute Gasteiger partial charge is 0.481 e. The van der Waals surface area contributed by atoms with E-state index < -0.39 is 23.5 Å². The maximum Gasteiger partial charge on any atom is 0.307 e. The number of carboxylic acids is 1. The molecule has 0 bridgehead atoms. The summed E-state index contributed by atoms with van der Waals surface area (Å²) in [5, 5.41) is 26.5. The first kappa shape index (κ1) is 28.6. The average Bonchev–Trinajstić information content (AvgIpc) is 3.57. The number of benzene rings is 5. The molecular formula is C38H32N2O4. The summed E-state index contributed by atoms with van der Waals surface area (Å²) in [5.41, 5.74) is 1.81. The molecule has 1 heterocycles. The Kier molecular flexibility index (Phi) is 7.60. The first-order valence-electron chi connectivity index (χ1n) is 14.4. The molecule has 1 amide bonds. The highest BCUT2D eigenvalue weighted by Gasteiger charge is 2.41. The Morgan fingerprint density at radius 2 is 1.18 bits per heavy atom. The van der Waals surface area contributed by atoms with Crippen molar-refractivity contribution in [2.45, 2.75) is 17.6 Å². The van der Waals surface area contributed by atoms with Crippen LogP contribution in [0, 0.1) is 0 Å². The van der Waals surface area contributed by atoms with Gasteiger partial charge in [0.2, 0.25) is 0 Å². The molecule has 3 N–H and O–H groups in total. The molecule has 0 saturated carbocycles. The molecule has 0 aliphatic carbocycles. The predicted octanol–water partition coefficient (Wildman–Crippen LogP) is 6.55. The molecule has 6 nitrogen and oxygen atoms in total. The number of carbonyl (C=O) groups is 2. The lowest BCUT2D eigenvalue weighted by Crippen LogP contribution is -2.37. The molecule has 5 aromatic carbocycles. The van der Waals surface area contributed by atoms with Crippen LogP contribution in [0.25, 0.3) is 10.8 Å². The zero-order valence-corrected chi connectivity index (χ0v) is 24.2. The minimum atomic E-state index is -1.83. The lowest BCUT2D eigenvalue weighted by molar-refractivity contribution is -0.141. The number of hydrogen-bond acceptors (Lipinski definition) is 3. The summed E-state index contributed by atoms with van der Waals surface area (Å²) >= 11 is 0. The van der Waals surface area contributed by atoms with Crippen molar-refractivity contribution in [2.24, 2.45) is 0 Å². The van der Waals surface area contributed by atoms with E-state index in [-0.39, 0.29) is 5.91 Å². The molecule has 0 unspecified atom stereocenters. The zero-order valence-electron chi connectivity index (χ0n) is 24.2. The Labute approximate surface area is 255 Å². The topological polar surface area (TPSA) is 91.6 Å². The minimum absolute atomic E-state index is 0.196. The fourth-order valence-electron chi connectivity index (χ4n) is 6.21. The number of carbonyl (C=O) groups excluding carboxylic acids is 1. The number of carboxylic acid groups (broad SMARTS) is 1. The van der Waals surface area contributed by atoms with E-state index in [0.29, 0.717) is 16.7 Å². The summed E-state index contributed by atoms with van der Waals surface area (Å²) in [6, 6.07) is 42.9. The molecule has 0 radical (unpaired) electrons. The van der Waals surface area contributed by atoms with Crippen molar-refractivity contribution < 1.29 is 19.8 Å². The zero-order chi connectivity index (χ0) is 30.7. The highest BCUT2D eigenvalue weighted by Crippen LogP contribution is 2.43. The fraction of sp³-hybridized carbons (Fsp3) is 0.105. The van der Waals surface area contributed by atoms with Gasteiger partial charge in [-0.15, -0.1) is 0 Å². The van der Waals surface area contributed by atoms with E-state index in [1.54, 1.807) is 43.4 Å². The van der Waals surface area contributed by atoms with Gasteiger partial charge in [0.05, 0.1) is 6.42 Å². The normalized spacial score (nSPS) is 12.9. The third-order valence-corrected chi connectivity index (χ3v) is 8.35. The van der Waals surface area contributed by atoms with Gasteiger partial charge in [0, 0.05) is 30.6 Å². The van der Waals surface area contributed by atoms with E-state index in [0.717, 1.165) is 27.5 Å². The molecule has 6 rings (SSSR count). The lowest BCUT2D eigenvalue weighted by Gasteiger charge is -2.38. The number of aliphatic carboxylic acids is 1. The molecule has 1 aromatic heterocycles. The quantitative estimate of drug-likeness (QED) is 0.169. The number of nitrogens with zero attached hydrogens (tertiary/aromatic N) is 1. The molecule has 44 heavy (non-hydrogen) atoms. The summed E-state index contributed by atoms with van der Waals surface area (Å²) in [6.07, 6.45) is 3.23. The van der Waals surface area contributed by atoms with Crippen LogP contribution < -0.4 is 5.32 Å². The molecule has 0 aliphatic heterocycles. The molecule has 6 aromatic rings. The number of fused-ring (bicyclic) bond motifs is 1. The van der Waals surface area contributed by atoms with Crippen molar-refractivity contribution in [1.29, 1.82) is 0 Å². The molecule has 0 fully saturated rings. The molecular weight excluding hydrogens is 548 g/mol. The summed E-state index contributed by atoms with van der Waals surface area (Å²) in [6.45, 7) is 0. The predicted molar refractivity (Wildman–Crippen MR) is 172 cm³/mol. The van der Waals surface area contributed by atoms with Crippen LogP contribution in [0.15, 0.2) is 146 Å². The van der Waals surface area contributed by atoms with Gasteiger partial charge in [-0.2, -0.15) is 0 Å². The highest BCUT2D eigenvalue weighted by atomic mass is 16.4. The Hall–Kier alpha value is -5.46. The van der Waals surface area contributed by atoms with Crippen LogP contribution >= 0.6 is 0 Å². The summed E-state index contributed by atoms with van der Waals surface area (Å²) in [7, 11) is 1.58. The van der Waals surface area contributed by atoms with E-state index >= 15 is 0 Å². The van der Waals surface area contributed by atoms with Crippen LogP contribution in [0.4, 0.5) is 0 Å². The molecule has 0 spiro atoms. The van der Waals surface area contributed by atoms with Crippen LogP contribution in [0.3, 0.4) is 0 Å². The van der Waals surface area contributed by atoms with Crippen LogP contribution in [0.5, 0.6) is 0 Å². The van der Waals surface area contributed by atoms with Crippen LogP contribution in [-0.2, 0) is 15.9 Å². The van der Waals surface area contributed by atoms with E-state index in [9.17, 15) is 19.8 Å². The van der Waals surface area contributed by atoms with Crippen LogP contribution in [-0.4, -0.2) is 33.7 Å². The van der Waals surface area contributed by atoms with Gasteiger partial charge in [0.15, 0.2) is 0 Å². The smallest absolute Gasteiger partial charge is 0.307 e. The van der Waals surface area contributed by atoms with Crippen molar-refractivity contribution in [1.82, 2.24) is 9.88 Å². The van der Waals surface area contributed by atoms with Crippen molar-refractivity contribution in [3.8, 4) is 0 Å². The van der Waals surface area contributed by atoms with E-state index in [2.05, 4.69) is 46.3 Å². The Bertz CT molecular complexity index is 1840. The second kappa shape index (κ2) is 11.7. The van der Waals surface area contributed by atoms with Gasteiger partial charge in [-0.05, 0) is 57.3 Å². The Morgan fingerprint density at radius 3 is 1.70 bits per heavy atom. The second-order valence-corrected chi connectivity index (χ2v) is 10.9. The van der Waals surface area contributed by atoms with E-state index in [1.807, 2.05) is 73.1 Å². The van der Waals surface area contributed by atoms with Crippen molar-refractivity contribution >= 4 is 22.6 Å². The van der Waals surface area contributed by atoms with Crippen LogP contribution in [0.2, 0.25) is 0 Å².